The second kappa shape index (κ2) is 8.48. The Morgan fingerprint density at radius 3 is 2.61 bits per heavy atom. The standard InChI is InChI=1S/C21H25N3O3S/c1-21(2,3)27-20(25)22-13-14-7-4-5-8-16(14)23-19(28)24-17-9-6-10-18-15(17)11-12-26-18/h4-10H,11-13H2,1-3H3,(H,22,25)(H2,23,24,28). The Morgan fingerprint density at radius 2 is 1.82 bits per heavy atom. The van der Waals surface area contributed by atoms with E-state index in [1.54, 1.807) is 0 Å². The summed E-state index contributed by atoms with van der Waals surface area (Å²) < 4.78 is 10.9. The number of ether oxygens (including phenoxy) is 2. The van der Waals surface area contributed by atoms with Crippen molar-refractivity contribution in [1.82, 2.24) is 5.32 Å². The Hall–Kier alpha value is -2.80. The molecule has 3 N–H and O–H groups in total. The fourth-order valence-corrected chi connectivity index (χ4v) is 3.11. The molecule has 148 valence electrons. The molecule has 0 bridgehead atoms. The number of para-hydroxylation sites is 1. The average Bonchev–Trinajstić information content (AvgIpc) is 3.09. The second-order valence-electron chi connectivity index (χ2n) is 7.47. The molecule has 0 unspecified atom stereocenters. The van der Waals surface area contributed by atoms with Crippen molar-refractivity contribution in [2.24, 2.45) is 0 Å². The largest absolute Gasteiger partial charge is 0.493 e. The molecule has 1 heterocycles. The first-order chi connectivity index (χ1) is 13.3. The van der Waals surface area contributed by atoms with Crippen LogP contribution in [0.15, 0.2) is 42.5 Å². The van der Waals surface area contributed by atoms with Crippen LogP contribution in [0.5, 0.6) is 5.75 Å². The number of hydrogen-bond donors (Lipinski definition) is 3. The second-order valence-corrected chi connectivity index (χ2v) is 7.88. The van der Waals surface area contributed by atoms with Gasteiger partial charge in [-0.25, -0.2) is 4.79 Å². The molecule has 0 fully saturated rings. The number of rotatable bonds is 4. The zero-order valence-corrected chi connectivity index (χ0v) is 17.1. The van der Waals surface area contributed by atoms with Gasteiger partial charge in [-0.05, 0) is 56.8 Å². The van der Waals surface area contributed by atoms with Gasteiger partial charge in [-0.1, -0.05) is 24.3 Å². The molecule has 1 amide bonds. The smallest absolute Gasteiger partial charge is 0.407 e. The van der Waals surface area contributed by atoms with E-state index < -0.39 is 11.7 Å². The average molecular weight is 400 g/mol. The van der Waals surface area contributed by atoms with Crippen molar-refractivity contribution in [3.05, 3.63) is 53.6 Å². The SMILES string of the molecule is CC(C)(C)OC(=O)NCc1ccccc1NC(=S)Nc1cccc2c1CCO2. The first-order valence-corrected chi connectivity index (χ1v) is 9.60. The number of nitrogens with one attached hydrogen (secondary N) is 3. The van der Waals surface area contributed by atoms with Crippen molar-refractivity contribution in [2.75, 3.05) is 17.2 Å². The quantitative estimate of drug-likeness (QED) is 0.660. The first kappa shape index (κ1) is 19.9. The van der Waals surface area contributed by atoms with Crippen LogP contribution in [-0.2, 0) is 17.7 Å². The number of amides is 1. The highest BCUT2D eigenvalue weighted by atomic mass is 32.1. The van der Waals surface area contributed by atoms with Crippen molar-refractivity contribution >= 4 is 34.8 Å². The van der Waals surface area contributed by atoms with Crippen LogP contribution in [0.3, 0.4) is 0 Å². The monoisotopic (exact) mass is 399 g/mol. The van der Waals surface area contributed by atoms with E-state index in [2.05, 4.69) is 16.0 Å². The Kier molecular flexibility index (Phi) is 6.04. The minimum atomic E-state index is -0.535. The summed E-state index contributed by atoms with van der Waals surface area (Å²) in [6.45, 7) is 6.51. The Balaban J connectivity index is 1.62. The molecule has 1 aliphatic rings. The summed E-state index contributed by atoms with van der Waals surface area (Å²) in [5, 5.41) is 9.70. The van der Waals surface area contributed by atoms with E-state index in [-0.39, 0.29) is 0 Å². The number of fused-ring (bicyclic) bond motifs is 1. The van der Waals surface area contributed by atoms with Crippen LogP contribution >= 0.6 is 12.2 Å². The van der Waals surface area contributed by atoms with Gasteiger partial charge in [-0.3, -0.25) is 0 Å². The molecule has 28 heavy (non-hydrogen) atoms. The zero-order chi connectivity index (χ0) is 20.1. The predicted octanol–water partition coefficient (Wildman–Crippen LogP) is 4.46. The third-order valence-corrected chi connectivity index (χ3v) is 4.28. The van der Waals surface area contributed by atoms with Gasteiger partial charge in [-0.15, -0.1) is 0 Å². The van der Waals surface area contributed by atoms with E-state index in [9.17, 15) is 4.79 Å². The maximum Gasteiger partial charge on any atom is 0.407 e. The number of benzene rings is 2. The highest BCUT2D eigenvalue weighted by molar-refractivity contribution is 7.80. The van der Waals surface area contributed by atoms with Gasteiger partial charge in [0.1, 0.15) is 11.4 Å². The molecule has 7 heteroatoms. The van der Waals surface area contributed by atoms with Crippen molar-refractivity contribution in [1.29, 1.82) is 0 Å². The number of carbonyl (C=O) groups excluding carboxylic acids is 1. The van der Waals surface area contributed by atoms with Crippen LogP contribution in [0.2, 0.25) is 0 Å². The molecule has 0 atom stereocenters. The molecule has 0 aromatic heterocycles. The third kappa shape index (κ3) is 5.36. The summed E-state index contributed by atoms with van der Waals surface area (Å²) in [6, 6.07) is 13.5. The van der Waals surface area contributed by atoms with Crippen LogP contribution in [-0.4, -0.2) is 23.4 Å². The number of hydrogen-bond acceptors (Lipinski definition) is 4. The lowest BCUT2D eigenvalue weighted by Gasteiger charge is -2.20. The van der Waals surface area contributed by atoms with Crippen molar-refractivity contribution in [3.8, 4) is 5.75 Å². The summed E-state index contributed by atoms with van der Waals surface area (Å²) in [4.78, 5) is 11.9. The number of thiocarbonyl (C=S) groups is 1. The molecule has 0 spiro atoms. The van der Waals surface area contributed by atoms with Gasteiger partial charge in [0.05, 0.1) is 6.61 Å². The molecular weight excluding hydrogens is 374 g/mol. The van der Waals surface area contributed by atoms with Crippen LogP contribution in [0.25, 0.3) is 0 Å². The van der Waals surface area contributed by atoms with E-state index >= 15 is 0 Å². The molecule has 2 aromatic rings. The van der Waals surface area contributed by atoms with Gasteiger partial charge in [0.25, 0.3) is 0 Å². The molecule has 1 aliphatic heterocycles. The van der Waals surface area contributed by atoms with Crippen LogP contribution in [0, 0.1) is 0 Å². The highest BCUT2D eigenvalue weighted by Crippen LogP contribution is 2.31. The summed E-state index contributed by atoms with van der Waals surface area (Å²) in [5.41, 5.74) is 3.26. The lowest BCUT2D eigenvalue weighted by atomic mass is 10.1. The van der Waals surface area contributed by atoms with Gasteiger partial charge in [0, 0.05) is 29.9 Å². The van der Waals surface area contributed by atoms with Gasteiger partial charge in [0.2, 0.25) is 0 Å². The van der Waals surface area contributed by atoms with E-state index in [1.807, 2.05) is 63.2 Å². The fourth-order valence-electron chi connectivity index (χ4n) is 2.89. The third-order valence-electron chi connectivity index (χ3n) is 4.08. The predicted molar refractivity (Wildman–Crippen MR) is 115 cm³/mol. The first-order valence-electron chi connectivity index (χ1n) is 9.19. The van der Waals surface area contributed by atoms with E-state index in [0.29, 0.717) is 18.3 Å². The van der Waals surface area contributed by atoms with Crippen molar-refractivity contribution < 1.29 is 14.3 Å². The Labute approximate surface area is 170 Å². The molecule has 0 saturated heterocycles. The maximum absolute atomic E-state index is 11.9. The normalized spacial score (nSPS) is 12.5. The number of alkyl carbamates (subject to hydrolysis) is 1. The zero-order valence-electron chi connectivity index (χ0n) is 16.3. The molecule has 0 saturated carbocycles. The van der Waals surface area contributed by atoms with Crippen molar-refractivity contribution in [3.63, 3.8) is 0 Å². The van der Waals surface area contributed by atoms with Gasteiger partial charge < -0.3 is 25.4 Å². The van der Waals surface area contributed by atoms with Gasteiger partial charge in [-0.2, -0.15) is 0 Å². The number of anilines is 2. The van der Waals surface area contributed by atoms with Crippen LogP contribution in [0.1, 0.15) is 31.9 Å². The summed E-state index contributed by atoms with van der Waals surface area (Å²) >= 11 is 5.48. The van der Waals surface area contributed by atoms with E-state index in [1.165, 1.54) is 0 Å². The Bertz CT molecular complexity index is 877. The Morgan fingerprint density at radius 1 is 1.11 bits per heavy atom. The van der Waals surface area contributed by atoms with Crippen molar-refractivity contribution in [2.45, 2.75) is 39.3 Å². The topological polar surface area (TPSA) is 71.6 Å². The molecule has 3 rings (SSSR count). The van der Waals surface area contributed by atoms with Crippen LogP contribution < -0.4 is 20.7 Å². The maximum atomic E-state index is 11.9. The molecular formula is C21H25N3O3S. The van der Waals surface area contributed by atoms with E-state index in [4.69, 9.17) is 21.7 Å². The summed E-state index contributed by atoms with van der Waals surface area (Å²) in [6.07, 6.45) is 0.403. The minimum Gasteiger partial charge on any atom is -0.493 e. The number of carbonyl (C=O) groups is 1. The highest BCUT2D eigenvalue weighted by Gasteiger charge is 2.17. The van der Waals surface area contributed by atoms with Gasteiger partial charge >= 0.3 is 6.09 Å². The molecule has 0 radical (unpaired) electrons. The minimum absolute atomic E-state index is 0.329. The molecule has 0 aliphatic carbocycles. The summed E-state index contributed by atoms with van der Waals surface area (Å²) in [5.74, 6) is 0.898. The van der Waals surface area contributed by atoms with Crippen LogP contribution in [0.4, 0.5) is 16.2 Å². The van der Waals surface area contributed by atoms with E-state index in [0.717, 1.165) is 34.7 Å². The lowest BCUT2D eigenvalue weighted by Crippen LogP contribution is -2.32. The van der Waals surface area contributed by atoms with Gasteiger partial charge in [0.15, 0.2) is 5.11 Å². The molecule has 2 aromatic carbocycles. The summed E-state index contributed by atoms with van der Waals surface area (Å²) in [7, 11) is 0. The lowest BCUT2D eigenvalue weighted by molar-refractivity contribution is 0.0523. The molecule has 6 nitrogen and oxygen atoms in total. The fraction of sp³-hybridized carbons (Fsp3) is 0.333.